The van der Waals surface area contributed by atoms with E-state index >= 15 is 0 Å². The number of pyridine rings is 2. The van der Waals surface area contributed by atoms with Crippen molar-refractivity contribution in [2.45, 2.75) is 0 Å². The Bertz CT molecular complexity index is 562. The molecule has 0 spiro atoms. The molecule has 6 heteroatoms. The SMILES string of the molecule is COc1cc(-c2cc(Br)cnc2F)c(N)cn1. The minimum absolute atomic E-state index is 0.303. The molecule has 0 aliphatic carbocycles. The molecule has 0 saturated carbocycles. The van der Waals surface area contributed by atoms with Gasteiger partial charge in [0, 0.05) is 27.9 Å². The Morgan fingerprint density at radius 2 is 2.00 bits per heavy atom. The Morgan fingerprint density at radius 1 is 1.24 bits per heavy atom. The van der Waals surface area contributed by atoms with E-state index in [9.17, 15) is 4.39 Å². The topological polar surface area (TPSA) is 61.0 Å². The van der Waals surface area contributed by atoms with Crippen molar-refractivity contribution in [3.8, 4) is 17.0 Å². The van der Waals surface area contributed by atoms with E-state index in [1.807, 2.05) is 0 Å². The summed E-state index contributed by atoms with van der Waals surface area (Å²) < 4.78 is 19.3. The predicted molar refractivity (Wildman–Crippen MR) is 66.1 cm³/mol. The van der Waals surface area contributed by atoms with E-state index in [2.05, 4.69) is 25.9 Å². The first kappa shape index (κ1) is 11.8. The van der Waals surface area contributed by atoms with Gasteiger partial charge in [-0.1, -0.05) is 0 Å². The van der Waals surface area contributed by atoms with Crippen LogP contribution in [-0.4, -0.2) is 17.1 Å². The van der Waals surface area contributed by atoms with Crippen molar-refractivity contribution in [3.05, 3.63) is 34.9 Å². The maximum atomic E-state index is 13.6. The second kappa shape index (κ2) is 4.67. The normalized spacial score (nSPS) is 10.3. The molecule has 2 N–H and O–H groups in total. The summed E-state index contributed by atoms with van der Waals surface area (Å²) in [5, 5.41) is 0. The van der Waals surface area contributed by atoms with Crippen LogP contribution in [0.1, 0.15) is 0 Å². The lowest BCUT2D eigenvalue weighted by molar-refractivity contribution is 0.398. The molecule has 2 aromatic rings. The lowest BCUT2D eigenvalue weighted by Gasteiger charge is -2.08. The van der Waals surface area contributed by atoms with Crippen LogP contribution in [0.15, 0.2) is 29.0 Å². The zero-order chi connectivity index (χ0) is 12.4. The molecule has 0 aliphatic heterocycles. The zero-order valence-corrected chi connectivity index (χ0v) is 10.5. The summed E-state index contributed by atoms with van der Waals surface area (Å²) >= 11 is 3.24. The fourth-order valence-corrected chi connectivity index (χ4v) is 1.73. The lowest BCUT2D eigenvalue weighted by Crippen LogP contribution is -1.97. The van der Waals surface area contributed by atoms with Crippen LogP contribution >= 0.6 is 15.9 Å². The number of methoxy groups -OCH3 is 1. The van der Waals surface area contributed by atoms with Crippen molar-refractivity contribution in [2.24, 2.45) is 0 Å². The first-order valence-corrected chi connectivity index (χ1v) is 5.52. The van der Waals surface area contributed by atoms with Gasteiger partial charge in [-0.05, 0) is 22.0 Å². The molecule has 0 atom stereocenters. The summed E-state index contributed by atoms with van der Waals surface area (Å²) in [7, 11) is 1.48. The third-order valence-electron chi connectivity index (χ3n) is 2.21. The highest BCUT2D eigenvalue weighted by Crippen LogP contribution is 2.31. The number of nitrogen functional groups attached to an aromatic ring is 1. The van der Waals surface area contributed by atoms with Crippen molar-refractivity contribution in [3.63, 3.8) is 0 Å². The Labute approximate surface area is 106 Å². The fourth-order valence-electron chi connectivity index (χ4n) is 1.40. The van der Waals surface area contributed by atoms with Crippen LogP contribution in [0.5, 0.6) is 5.88 Å². The molecule has 0 aliphatic rings. The van der Waals surface area contributed by atoms with E-state index in [1.165, 1.54) is 19.5 Å². The van der Waals surface area contributed by atoms with Gasteiger partial charge < -0.3 is 10.5 Å². The van der Waals surface area contributed by atoms with Crippen molar-refractivity contribution in [1.82, 2.24) is 9.97 Å². The molecular weight excluding hydrogens is 289 g/mol. The predicted octanol–water partition coefficient (Wildman–Crippen LogP) is 2.64. The van der Waals surface area contributed by atoms with Crippen LogP contribution in [0, 0.1) is 5.95 Å². The van der Waals surface area contributed by atoms with Crippen LogP contribution in [0.2, 0.25) is 0 Å². The Balaban J connectivity index is 2.62. The monoisotopic (exact) mass is 297 g/mol. The van der Waals surface area contributed by atoms with Crippen molar-refractivity contribution < 1.29 is 9.13 Å². The minimum Gasteiger partial charge on any atom is -0.481 e. The quantitative estimate of drug-likeness (QED) is 0.866. The van der Waals surface area contributed by atoms with E-state index in [1.54, 1.807) is 12.1 Å². The molecule has 0 fully saturated rings. The maximum Gasteiger partial charge on any atom is 0.220 e. The van der Waals surface area contributed by atoms with Crippen molar-refractivity contribution >= 4 is 21.6 Å². The van der Waals surface area contributed by atoms with Crippen molar-refractivity contribution in [2.75, 3.05) is 12.8 Å². The van der Waals surface area contributed by atoms with E-state index in [-0.39, 0.29) is 0 Å². The average Bonchev–Trinajstić information content (AvgIpc) is 2.33. The highest BCUT2D eigenvalue weighted by atomic mass is 79.9. The summed E-state index contributed by atoms with van der Waals surface area (Å²) in [6, 6.07) is 3.18. The standard InChI is InChI=1S/C11H9BrFN3O/c1-17-10-3-7(9(14)5-15-10)8-2-6(12)4-16-11(8)13/h2-5H,14H2,1H3. The van der Waals surface area contributed by atoms with Gasteiger partial charge in [0.25, 0.3) is 0 Å². The minimum atomic E-state index is -0.590. The second-order valence-electron chi connectivity index (χ2n) is 3.31. The highest BCUT2D eigenvalue weighted by molar-refractivity contribution is 9.10. The highest BCUT2D eigenvalue weighted by Gasteiger charge is 2.12. The molecular formula is C11H9BrFN3O. The molecule has 2 aromatic heterocycles. The number of nitrogens with two attached hydrogens (primary N) is 1. The van der Waals surface area contributed by atoms with Gasteiger partial charge in [0.15, 0.2) is 0 Å². The summed E-state index contributed by atoms with van der Waals surface area (Å²) in [5.74, 6) is -0.221. The molecule has 17 heavy (non-hydrogen) atoms. The second-order valence-corrected chi connectivity index (χ2v) is 4.22. The van der Waals surface area contributed by atoms with E-state index in [4.69, 9.17) is 10.5 Å². The maximum absolute atomic E-state index is 13.6. The third kappa shape index (κ3) is 2.36. The van der Waals surface area contributed by atoms with E-state index in [0.29, 0.717) is 27.2 Å². The van der Waals surface area contributed by atoms with Crippen molar-refractivity contribution in [1.29, 1.82) is 0 Å². The summed E-state index contributed by atoms with van der Waals surface area (Å²) in [6.45, 7) is 0. The van der Waals surface area contributed by atoms with Crippen LogP contribution in [0.25, 0.3) is 11.1 Å². The summed E-state index contributed by atoms with van der Waals surface area (Å²) in [5.41, 5.74) is 6.94. The molecule has 88 valence electrons. The lowest BCUT2D eigenvalue weighted by atomic mass is 10.1. The molecule has 4 nitrogen and oxygen atoms in total. The van der Waals surface area contributed by atoms with E-state index < -0.39 is 5.95 Å². The van der Waals surface area contributed by atoms with Gasteiger partial charge >= 0.3 is 0 Å². The molecule has 0 bridgehead atoms. The molecule has 0 amide bonds. The smallest absolute Gasteiger partial charge is 0.220 e. The van der Waals surface area contributed by atoms with Gasteiger partial charge in [-0.3, -0.25) is 0 Å². The third-order valence-corrected chi connectivity index (χ3v) is 2.65. The number of halogens is 2. The molecule has 2 rings (SSSR count). The van der Waals surface area contributed by atoms with Crippen LogP contribution in [0.4, 0.5) is 10.1 Å². The van der Waals surface area contributed by atoms with Gasteiger partial charge in [0.2, 0.25) is 11.8 Å². The number of aromatic nitrogens is 2. The molecule has 0 saturated heterocycles. The zero-order valence-electron chi connectivity index (χ0n) is 8.95. The number of hydrogen-bond acceptors (Lipinski definition) is 4. The number of anilines is 1. The summed E-state index contributed by atoms with van der Waals surface area (Å²) in [6.07, 6.45) is 2.81. The van der Waals surface area contributed by atoms with Crippen LogP contribution in [0.3, 0.4) is 0 Å². The van der Waals surface area contributed by atoms with Crippen LogP contribution in [-0.2, 0) is 0 Å². The van der Waals surface area contributed by atoms with Gasteiger partial charge in [-0.2, -0.15) is 4.39 Å². The number of nitrogens with zero attached hydrogens (tertiary/aromatic N) is 2. The van der Waals surface area contributed by atoms with Gasteiger partial charge in [-0.15, -0.1) is 0 Å². The first-order valence-electron chi connectivity index (χ1n) is 4.72. The first-order chi connectivity index (χ1) is 8.11. The van der Waals surface area contributed by atoms with E-state index in [0.717, 1.165) is 0 Å². The van der Waals surface area contributed by atoms with Gasteiger partial charge in [-0.25, -0.2) is 9.97 Å². The Morgan fingerprint density at radius 3 is 2.71 bits per heavy atom. The summed E-state index contributed by atoms with van der Waals surface area (Å²) in [4.78, 5) is 7.55. The number of hydrogen-bond donors (Lipinski definition) is 1. The fraction of sp³-hybridized carbons (Fsp3) is 0.0909. The molecule has 0 radical (unpaired) electrons. The number of ether oxygens (including phenoxy) is 1. The molecule has 2 heterocycles. The molecule has 0 unspecified atom stereocenters. The van der Waals surface area contributed by atoms with Gasteiger partial charge in [0.05, 0.1) is 19.0 Å². The Hall–Kier alpha value is -1.69. The molecule has 0 aromatic carbocycles. The largest absolute Gasteiger partial charge is 0.481 e. The number of rotatable bonds is 2. The average molecular weight is 298 g/mol. The Kier molecular flexibility index (Phi) is 3.23. The van der Waals surface area contributed by atoms with Gasteiger partial charge in [0.1, 0.15) is 0 Å². The van der Waals surface area contributed by atoms with Crippen LogP contribution < -0.4 is 10.5 Å².